The Balaban J connectivity index is 2.21. The largest absolute Gasteiger partial charge is 0.396 e. The van der Waals surface area contributed by atoms with Crippen molar-refractivity contribution in [2.24, 2.45) is 0 Å². The molecule has 1 unspecified atom stereocenters. The Morgan fingerprint density at radius 3 is 2.83 bits per heavy atom. The zero-order valence-electron chi connectivity index (χ0n) is 11.5. The molecule has 0 spiro atoms. The maximum absolute atomic E-state index is 9.04. The molecule has 0 aromatic heterocycles. The Kier molecular flexibility index (Phi) is 4.61. The van der Waals surface area contributed by atoms with Gasteiger partial charge in [0, 0.05) is 45.0 Å². The first kappa shape index (κ1) is 13.4. The maximum Gasteiger partial charge on any atom is 0.0443 e. The van der Waals surface area contributed by atoms with E-state index in [0.717, 1.165) is 32.5 Å². The first-order valence-electron chi connectivity index (χ1n) is 6.90. The number of aliphatic hydroxyl groups excluding tert-OH is 1. The number of fused-ring (bicyclic) bond motifs is 1. The maximum atomic E-state index is 9.04. The molecule has 3 heteroatoms. The van der Waals surface area contributed by atoms with E-state index in [1.165, 1.54) is 11.3 Å². The zero-order chi connectivity index (χ0) is 13.0. The van der Waals surface area contributed by atoms with Gasteiger partial charge in [-0.05, 0) is 24.5 Å². The minimum Gasteiger partial charge on any atom is -0.396 e. The Bertz CT molecular complexity index is 381. The molecule has 0 saturated heterocycles. The van der Waals surface area contributed by atoms with Crippen LogP contribution >= 0.6 is 0 Å². The van der Waals surface area contributed by atoms with Crippen LogP contribution in [0, 0.1) is 0 Å². The van der Waals surface area contributed by atoms with E-state index in [1.54, 1.807) is 0 Å². The van der Waals surface area contributed by atoms with Gasteiger partial charge >= 0.3 is 0 Å². The van der Waals surface area contributed by atoms with Crippen LogP contribution in [0.15, 0.2) is 24.3 Å². The van der Waals surface area contributed by atoms with Crippen LogP contribution in [0.5, 0.6) is 0 Å². The Morgan fingerprint density at radius 2 is 2.11 bits per heavy atom. The minimum atomic E-state index is 0.282. The van der Waals surface area contributed by atoms with E-state index in [2.05, 4.69) is 48.0 Å². The van der Waals surface area contributed by atoms with Gasteiger partial charge in [0.15, 0.2) is 0 Å². The molecule has 2 rings (SSSR count). The van der Waals surface area contributed by atoms with Crippen LogP contribution in [0.3, 0.4) is 0 Å². The highest BCUT2D eigenvalue weighted by Crippen LogP contribution is 2.26. The van der Waals surface area contributed by atoms with Crippen molar-refractivity contribution in [2.45, 2.75) is 32.4 Å². The second-order valence-electron chi connectivity index (χ2n) is 5.12. The van der Waals surface area contributed by atoms with Crippen LogP contribution in [0.2, 0.25) is 0 Å². The van der Waals surface area contributed by atoms with E-state index < -0.39 is 0 Å². The lowest BCUT2D eigenvalue weighted by Crippen LogP contribution is -2.40. The molecular weight excluding hydrogens is 224 g/mol. The van der Waals surface area contributed by atoms with Gasteiger partial charge in [-0.2, -0.15) is 0 Å². The average Bonchev–Trinajstić information content (AvgIpc) is 2.54. The smallest absolute Gasteiger partial charge is 0.0443 e. The van der Waals surface area contributed by atoms with Crippen molar-refractivity contribution in [1.29, 1.82) is 0 Å². The van der Waals surface area contributed by atoms with Crippen LogP contribution in [0.4, 0.5) is 5.69 Å². The summed E-state index contributed by atoms with van der Waals surface area (Å²) in [5.74, 6) is 0. The van der Waals surface area contributed by atoms with Crippen molar-refractivity contribution < 1.29 is 5.11 Å². The van der Waals surface area contributed by atoms with Crippen LogP contribution in [0.1, 0.15) is 25.3 Å². The molecule has 1 heterocycles. The van der Waals surface area contributed by atoms with Gasteiger partial charge < -0.3 is 10.0 Å². The highest BCUT2D eigenvalue weighted by molar-refractivity contribution is 5.53. The number of benzene rings is 1. The summed E-state index contributed by atoms with van der Waals surface area (Å²) in [5.41, 5.74) is 2.75. The Morgan fingerprint density at radius 1 is 1.33 bits per heavy atom. The fourth-order valence-corrected chi connectivity index (χ4v) is 2.82. The van der Waals surface area contributed by atoms with Gasteiger partial charge in [0.25, 0.3) is 0 Å². The number of para-hydroxylation sites is 1. The second kappa shape index (κ2) is 6.21. The topological polar surface area (TPSA) is 26.7 Å². The van der Waals surface area contributed by atoms with E-state index >= 15 is 0 Å². The number of likely N-dealkylation sites (N-methyl/N-ethyl adjacent to an activating group) is 1. The fraction of sp³-hybridized carbons (Fsp3) is 0.600. The van der Waals surface area contributed by atoms with E-state index in [-0.39, 0.29) is 6.61 Å². The summed E-state index contributed by atoms with van der Waals surface area (Å²) >= 11 is 0. The van der Waals surface area contributed by atoms with Gasteiger partial charge in [-0.15, -0.1) is 0 Å². The zero-order valence-corrected chi connectivity index (χ0v) is 11.5. The van der Waals surface area contributed by atoms with Gasteiger partial charge in [0.05, 0.1) is 0 Å². The summed E-state index contributed by atoms with van der Waals surface area (Å²) < 4.78 is 0. The van der Waals surface area contributed by atoms with Crippen molar-refractivity contribution >= 4 is 5.69 Å². The number of anilines is 1. The summed E-state index contributed by atoms with van der Waals surface area (Å²) in [6, 6.07) is 9.23. The molecule has 1 aromatic rings. The molecule has 0 bridgehead atoms. The fourth-order valence-electron chi connectivity index (χ4n) is 2.82. The van der Waals surface area contributed by atoms with Crippen molar-refractivity contribution in [3.8, 4) is 0 Å². The van der Waals surface area contributed by atoms with Crippen molar-refractivity contribution in [3.63, 3.8) is 0 Å². The molecule has 1 aromatic carbocycles. The van der Waals surface area contributed by atoms with Crippen molar-refractivity contribution in [1.82, 2.24) is 4.90 Å². The molecule has 1 aliphatic heterocycles. The van der Waals surface area contributed by atoms with Crippen LogP contribution in [0.25, 0.3) is 0 Å². The Labute approximate surface area is 110 Å². The highest BCUT2D eigenvalue weighted by Gasteiger charge is 2.24. The molecular formula is C15H24N2O. The highest BCUT2D eigenvalue weighted by atomic mass is 16.3. The second-order valence-corrected chi connectivity index (χ2v) is 5.12. The van der Waals surface area contributed by atoms with Gasteiger partial charge in [-0.25, -0.2) is 0 Å². The van der Waals surface area contributed by atoms with Crippen LogP contribution in [-0.4, -0.2) is 42.8 Å². The number of nitrogens with zero attached hydrogens (tertiary/aromatic N) is 2. The molecule has 100 valence electrons. The third-order valence-corrected chi connectivity index (χ3v) is 3.85. The lowest BCUT2D eigenvalue weighted by molar-refractivity contribution is 0.169. The molecule has 0 fully saturated rings. The summed E-state index contributed by atoms with van der Waals surface area (Å²) in [7, 11) is 2.18. The minimum absolute atomic E-state index is 0.282. The molecule has 1 N–H and O–H groups in total. The number of hydrogen-bond donors (Lipinski definition) is 1. The number of hydrogen-bond acceptors (Lipinski definition) is 3. The van der Waals surface area contributed by atoms with E-state index in [4.69, 9.17) is 5.11 Å². The molecule has 0 saturated carbocycles. The van der Waals surface area contributed by atoms with Gasteiger partial charge in [-0.3, -0.25) is 4.90 Å². The molecule has 0 radical (unpaired) electrons. The SMILES string of the molecule is CCC1CN(C)c2ccccc2CN1CCCO. The van der Waals surface area contributed by atoms with Crippen molar-refractivity contribution in [2.75, 3.05) is 31.6 Å². The summed E-state index contributed by atoms with van der Waals surface area (Å²) in [6.07, 6.45) is 2.02. The first-order chi connectivity index (χ1) is 8.76. The molecule has 3 nitrogen and oxygen atoms in total. The van der Waals surface area contributed by atoms with Crippen LogP contribution in [-0.2, 0) is 6.54 Å². The monoisotopic (exact) mass is 248 g/mol. The Hall–Kier alpha value is -1.06. The number of aliphatic hydroxyl groups is 1. The molecule has 0 aliphatic carbocycles. The third-order valence-electron chi connectivity index (χ3n) is 3.85. The predicted molar refractivity (Wildman–Crippen MR) is 75.9 cm³/mol. The number of rotatable bonds is 4. The summed E-state index contributed by atoms with van der Waals surface area (Å²) in [4.78, 5) is 4.88. The quantitative estimate of drug-likeness (QED) is 0.884. The van der Waals surface area contributed by atoms with Gasteiger partial charge in [0.2, 0.25) is 0 Å². The molecule has 1 atom stereocenters. The van der Waals surface area contributed by atoms with Crippen molar-refractivity contribution in [3.05, 3.63) is 29.8 Å². The molecule has 0 amide bonds. The van der Waals surface area contributed by atoms with Crippen LogP contribution < -0.4 is 4.90 Å². The summed E-state index contributed by atoms with van der Waals surface area (Å²) in [6.45, 7) is 5.58. The molecule has 1 aliphatic rings. The van der Waals surface area contributed by atoms with Gasteiger partial charge in [-0.1, -0.05) is 25.1 Å². The van der Waals surface area contributed by atoms with Gasteiger partial charge in [0.1, 0.15) is 0 Å². The molecule has 18 heavy (non-hydrogen) atoms. The standard InChI is InChI=1S/C15H24N2O/c1-3-14-12-16(2)15-8-5-4-7-13(15)11-17(14)9-6-10-18/h4-5,7-8,14,18H,3,6,9-12H2,1-2H3. The van der Waals surface area contributed by atoms with E-state index in [1.807, 2.05) is 0 Å². The lowest BCUT2D eigenvalue weighted by Gasteiger charge is -2.30. The first-order valence-corrected chi connectivity index (χ1v) is 6.90. The predicted octanol–water partition coefficient (Wildman–Crippen LogP) is 2.10. The summed E-state index contributed by atoms with van der Waals surface area (Å²) in [5, 5.41) is 9.04. The van der Waals surface area contributed by atoms with E-state index in [0.29, 0.717) is 6.04 Å². The third kappa shape index (κ3) is 2.85. The normalized spacial score (nSPS) is 20.6. The lowest BCUT2D eigenvalue weighted by atomic mass is 10.1. The van der Waals surface area contributed by atoms with E-state index in [9.17, 15) is 0 Å². The average molecular weight is 248 g/mol.